The Morgan fingerprint density at radius 3 is 2.33 bits per heavy atom. The number of halogens is 4. The lowest BCUT2D eigenvalue weighted by atomic mass is 9.96. The Morgan fingerprint density at radius 1 is 1.15 bits per heavy atom. The minimum Gasteiger partial charge on any atom is -0.398 e. The molecule has 176 valence electrons. The number of carbonyl (C=O) groups is 1. The fraction of sp³-hybridized carbons (Fsp3) is 0.227. The van der Waals surface area contributed by atoms with Crippen LogP contribution in [0, 0.1) is 5.82 Å². The Kier molecular flexibility index (Phi) is 6.39. The van der Waals surface area contributed by atoms with Gasteiger partial charge < -0.3 is 26.0 Å². The summed E-state index contributed by atoms with van der Waals surface area (Å²) in [5, 5.41) is 10.8. The number of primary amides is 1. The quantitative estimate of drug-likeness (QED) is 0.243. The first-order valence-corrected chi connectivity index (χ1v) is 9.85. The van der Waals surface area contributed by atoms with Crippen molar-refractivity contribution in [3.05, 3.63) is 77.5 Å². The lowest BCUT2D eigenvalue weighted by Crippen LogP contribution is -2.49. The van der Waals surface area contributed by atoms with E-state index in [1.54, 1.807) is 28.8 Å². The van der Waals surface area contributed by atoms with Crippen molar-refractivity contribution in [3.8, 4) is 11.3 Å². The smallest absolute Gasteiger partial charge is 0.398 e. The summed E-state index contributed by atoms with van der Waals surface area (Å²) in [6.45, 7) is 1.11. The normalized spacial score (nSPS) is 14.3. The average molecular weight is 465 g/mol. The molecule has 7 nitrogen and oxygen atoms in total. The van der Waals surface area contributed by atoms with Gasteiger partial charge in [-0.05, 0) is 60.0 Å². The summed E-state index contributed by atoms with van der Waals surface area (Å²) in [5.74, 6) is 4.70. The van der Waals surface area contributed by atoms with Gasteiger partial charge in [-0.1, -0.05) is 6.92 Å². The zero-order valence-electron chi connectivity index (χ0n) is 17.6. The lowest BCUT2D eigenvalue weighted by Gasteiger charge is -2.30. The number of fused-ring (bicyclic) bond motifs is 1. The summed E-state index contributed by atoms with van der Waals surface area (Å²) < 4.78 is 54.6. The Hall–Kier alpha value is -3.57. The van der Waals surface area contributed by atoms with Crippen molar-refractivity contribution in [2.75, 3.05) is 0 Å². The molecular formula is C22H23F4N5O2. The molecule has 3 rings (SSSR count). The van der Waals surface area contributed by atoms with E-state index in [9.17, 15) is 27.5 Å². The number of nitrogens with two attached hydrogens (primary N) is 3. The van der Waals surface area contributed by atoms with E-state index in [0.717, 1.165) is 18.1 Å². The predicted molar refractivity (Wildman–Crippen MR) is 115 cm³/mol. The van der Waals surface area contributed by atoms with Crippen LogP contribution in [0.5, 0.6) is 0 Å². The maximum absolute atomic E-state index is 13.3. The van der Waals surface area contributed by atoms with Gasteiger partial charge in [-0.15, -0.1) is 0 Å². The number of alkyl halides is 3. The van der Waals surface area contributed by atoms with E-state index in [2.05, 4.69) is 0 Å². The topological polar surface area (TPSA) is 123 Å². The van der Waals surface area contributed by atoms with E-state index in [1.165, 1.54) is 24.3 Å². The van der Waals surface area contributed by atoms with Gasteiger partial charge >= 0.3 is 6.18 Å². The molecule has 7 N–H and O–H groups in total. The predicted octanol–water partition coefficient (Wildman–Crippen LogP) is 3.02. The number of benzene rings is 1. The van der Waals surface area contributed by atoms with Gasteiger partial charge in [0.1, 0.15) is 5.82 Å². The van der Waals surface area contributed by atoms with Gasteiger partial charge in [0.25, 0.3) is 5.91 Å². The molecule has 1 unspecified atom stereocenters. The fourth-order valence-corrected chi connectivity index (χ4v) is 3.52. The van der Waals surface area contributed by atoms with Crippen molar-refractivity contribution < 1.29 is 27.5 Å². The van der Waals surface area contributed by atoms with Gasteiger partial charge in [0.15, 0.2) is 0 Å². The molecule has 3 aromatic rings. The second-order valence-corrected chi connectivity index (χ2v) is 7.58. The molecule has 2 heterocycles. The Labute approximate surface area is 186 Å². The van der Waals surface area contributed by atoms with Crippen LogP contribution in [0.1, 0.15) is 29.3 Å². The highest BCUT2D eigenvalue weighted by Crippen LogP contribution is 2.37. The summed E-state index contributed by atoms with van der Waals surface area (Å²) in [5.41, 5.74) is 9.39. The third-order valence-electron chi connectivity index (χ3n) is 5.35. The molecular weight excluding hydrogens is 442 g/mol. The largest absolute Gasteiger partial charge is 0.422 e. The van der Waals surface area contributed by atoms with E-state index in [0.29, 0.717) is 22.3 Å². The number of nitrogens with zero attached hydrogens (tertiary/aromatic N) is 2. The molecule has 1 atom stereocenters. The third-order valence-corrected chi connectivity index (χ3v) is 5.35. The summed E-state index contributed by atoms with van der Waals surface area (Å²) >= 11 is 0. The number of hydrogen-bond acceptors (Lipinski definition) is 5. The van der Waals surface area contributed by atoms with Crippen molar-refractivity contribution in [2.45, 2.75) is 31.7 Å². The van der Waals surface area contributed by atoms with Crippen LogP contribution >= 0.6 is 0 Å². The fourth-order valence-electron chi connectivity index (χ4n) is 3.52. The number of rotatable bonds is 7. The van der Waals surface area contributed by atoms with Crippen LogP contribution in [0.2, 0.25) is 0 Å². The van der Waals surface area contributed by atoms with Crippen LogP contribution in [0.15, 0.2) is 60.6 Å². The maximum atomic E-state index is 13.3. The number of hydrogen-bond donors (Lipinski definition) is 4. The number of amides is 1. The molecule has 0 radical (unpaired) electrons. The van der Waals surface area contributed by atoms with E-state index in [4.69, 9.17) is 17.3 Å². The van der Waals surface area contributed by atoms with Crippen molar-refractivity contribution in [1.82, 2.24) is 9.41 Å². The minimum absolute atomic E-state index is 0.0438. The number of pyridine rings is 1. The molecule has 0 saturated heterocycles. The SMILES string of the molecule is CCC(O)(/C(N)=C/N(N)Cc1ccn2c(-c3ccc(F)cc3)c(C(N)=O)cc2c1)C(F)(F)F. The second kappa shape index (κ2) is 8.75. The zero-order chi connectivity index (χ0) is 24.6. The number of carbonyl (C=O) groups excluding carboxylic acids is 1. The Balaban J connectivity index is 1.95. The van der Waals surface area contributed by atoms with Crippen LogP contribution in [-0.2, 0) is 6.54 Å². The van der Waals surface area contributed by atoms with Crippen molar-refractivity contribution in [1.29, 1.82) is 0 Å². The van der Waals surface area contributed by atoms with Gasteiger partial charge in [-0.2, -0.15) is 13.2 Å². The first-order valence-electron chi connectivity index (χ1n) is 9.85. The first-order chi connectivity index (χ1) is 15.4. The summed E-state index contributed by atoms with van der Waals surface area (Å²) in [4.78, 5) is 12.0. The molecule has 1 aromatic carbocycles. The Morgan fingerprint density at radius 2 is 1.79 bits per heavy atom. The van der Waals surface area contributed by atoms with Crippen LogP contribution in [0.4, 0.5) is 17.6 Å². The van der Waals surface area contributed by atoms with Gasteiger partial charge in [0, 0.05) is 17.9 Å². The molecule has 0 bridgehead atoms. The molecule has 0 spiro atoms. The molecule has 0 fully saturated rings. The maximum Gasteiger partial charge on any atom is 0.422 e. The lowest BCUT2D eigenvalue weighted by molar-refractivity contribution is -0.245. The molecule has 0 saturated carbocycles. The van der Waals surface area contributed by atoms with E-state index in [1.807, 2.05) is 0 Å². The average Bonchev–Trinajstić information content (AvgIpc) is 3.11. The molecule has 0 aliphatic heterocycles. The minimum atomic E-state index is -4.96. The van der Waals surface area contributed by atoms with Crippen LogP contribution < -0.4 is 17.3 Å². The monoisotopic (exact) mass is 465 g/mol. The van der Waals surface area contributed by atoms with Crippen LogP contribution in [0.25, 0.3) is 16.8 Å². The van der Waals surface area contributed by atoms with Crippen LogP contribution in [-0.4, -0.2) is 32.2 Å². The van der Waals surface area contributed by atoms with Crippen molar-refractivity contribution >= 4 is 11.4 Å². The van der Waals surface area contributed by atoms with Gasteiger partial charge in [-0.25, -0.2) is 10.2 Å². The van der Waals surface area contributed by atoms with Crippen molar-refractivity contribution in [3.63, 3.8) is 0 Å². The van der Waals surface area contributed by atoms with Gasteiger partial charge in [0.2, 0.25) is 5.60 Å². The summed E-state index contributed by atoms with van der Waals surface area (Å²) in [6.07, 6.45) is -3.17. The molecule has 11 heteroatoms. The van der Waals surface area contributed by atoms with E-state index < -0.39 is 35.6 Å². The van der Waals surface area contributed by atoms with Crippen molar-refractivity contribution in [2.24, 2.45) is 17.3 Å². The second-order valence-electron chi connectivity index (χ2n) is 7.58. The standard InChI is InChI=1S/C22H23F4N5O2/c1-2-21(33,22(24,25)26)18(27)12-30(29)11-13-7-8-31-16(9-13)10-17(20(28)32)19(31)14-3-5-15(23)6-4-14/h3-10,12,33H,2,11,27,29H2,1H3,(H2,28,32)/b18-12-. The van der Waals surface area contributed by atoms with Gasteiger partial charge in [0.05, 0.1) is 23.5 Å². The molecule has 33 heavy (non-hydrogen) atoms. The third kappa shape index (κ3) is 4.64. The summed E-state index contributed by atoms with van der Waals surface area (Å²) in [7, 11) is 0. The number of aliphatic hydroxyl groups is 1. The molecule has 2 aromatic heterocycles. The number of hydrazine groups is 1. The van der Waals surface area contributed by atoms with Gasteiger partial charge in [-0.3, -0.25) is 4.79 Å². The van der Waals surface area contributed by atoms with E-state index >= 15 is 0 Å². The molecule has 0 aliphatic carbocycles. The highest BCUT2D eigenvalue weighted by Gasteiger charge is 2.54. The zero-order valence-corrected chi connectivity index (χ0v) is 17.6. The first kappa shape index (κ1) is 24.1. The highest BCUT2D eigenvalue weighted by molar-refractivity contribution is 6.01. The van der Waals surface area contributed by atoms with E-state index in [-0.39, 0.29) is 12.1 Å². The Bertz CT molecular complexity index is 1200. The highest BCUT2D eigenvalue weighted by atomic mass is 19.4. The molecule has 0 aliphatic rings. The summed E-state index contributed by atoms with van der Waals surface area (Å²) in [6, 6.07) is 10.4. The van der Waals surface area contributed by atoms with Crippen LogP contribution in [0.3, 0.4) is 0 Å². The number of aromatic nitrogens is 1. The molecule has 1 amide bonds.